The van der Waals surface area contributed by atoms with Gasteiger partial charge in [0, 0.05) is 23.4 Å². The molecule has 0 spiro atoms. The molecule has 1 aromatic carbocycles. The number of benzene rings is 1. The molecule has 3 rings (SSSR count). The van der Waals surface area contributed by atoms with Crippen LogP contribution >= 0.6 is 22.7 Å². The fourth-order valence-corrected chi connectivity index (χ4v) is 4.08. The van der Waals surface area contributed by atoms with Gasteiger partial charge < -0.3 is 10.1 Å². The molecule has 3 aromatic rings. The molecule has 0 bridgehead atoms. The van der Waals surface area contributed by atoms with Gasteiger partial charge >= 0.3 is 0 Å². The van der Waals surface area contributed by atoms with Crippen LogP contribution in [0.25, 0.3) is 11.1 Å². The van der Waals surface area contributed by atoms with Crippen molar-refractivity contribution in [3.63, 3.8) is 0 Å². The SMILES string of the molecule is CC(C)(C)C#CC=CCNCc1cccc(OCc2cc(-c3ccsc3)cs2)c1. The number of hydrogen-bond donors (Lipinski definition) is 1. The maximum atomic E-state index is 6.01. The van der Waals surface area contributed by atoms with Crippen LogP contribution in [0.1, 0.15) is 31.2 Å². The summed E-state index contributed by atoms with van der Waals surface area (Å²) in [7, 11) is 0. The van der Waals surface area contributed by atoms with Crippen molar-refractivity contribution in [1.29, 1.82) is 0 Å². The van der Waals surface area contributed by atoms with Gasteiger partial charge in [-0.2, -0.15) is 11.3 Å². The Morgan fingerprint density at radius 1 is 1.10 bits per heavy atom. The molecule has 150 valence electrons. The van der Waals surface area contributed by atoms with E-state index in [1.807, 2.05) is 18.2 Å². The molecule has 2 heterocycles. The van der Waals surface area contributed by atoms with E-state index in [0.29, 0.717) is 6.61 Å². The van der Waals surface area contributed by atoms with Gasteiger partial charge in [-0.1, -0.05) is 30.0 Å². The first-order valence-electron chi connectivity index (χ1n) is 9.70. The van der Waals surface area contributed by atoms with Gasteiger partial charge in [0.15, 0.2) is 0 Å². The zero-order chi connectivity index (χ0) is 20.5. The molecule has 0 atom stereocenters. The van der Waals surface area contributed by atoms with Crippen molar-refractivity contribution in [3.8, 4) is 28.7 Å². The first-order valence-corrected chi connectivity index (χ1v) is 11.5. The van der Waals surface area contributed by atoms with E-state index in [1.54, 1.807) is 22.7 Å². The van der Waals surface area contributed by atoms with Crippen molar-refractivity contribution in [3.05, 3.63) is 75.1 Å². The summed E-state index contributed by atoms with van der Waals surface area (Å²) in [6, 6.07) is 12.6. The third-order valence-corrected chi connectivity index (χ3v) is 5.62. The Hall–Kier alpha value is -2.32. The Balaban J connectivity index is 1.45. The molecule has 0 aliphatic carbocycles. The van der Waals surface area contributed by atoms with E-state index in [2.05, 4.69) is 84.4 Å². The lowest BCUT2D eigenvalue weighted by atomic mass is 9.98. The zero-order valence-electron chi connectivity index (χ0n) is 17.2. The van der Waals surface area contributed by atoms with Crippen LogP contribution in [0, 0.1) is 17.3 Å². The van der Waals surface area contributed by atoms with E-state index in [0.717, 1.165) is 18.8 Å². The summed E-state index contributed by atoms with van der Waals surface area (Å²) < 4.78 is 6.01. The van der Waals surface area contributed by atoms with Crippen molar-refractivity contribution in [2.45, 2.75) is 33.9 Å². The third-order valence-electron chi connectivity index (χ3n) is 4.03. The first kappa shape index (κ1) is 21.4. The average Bonchev–Trinajstić information content (AvgIpc) is 3.37. The number of allylic oxidation sites excluding steroid dienone is 1. The fourth-order valence-electron chi connectivity index (χ4n) is 2.61. The Bertz CT molecular complexity index is 982. The van der Waals surface area contributed by atoms with E-state index >= 15 is 0 Å². The molecule has 29 heavy (non-hydrogen) atoms. The standard InChI is InChI=1S/C25H27NOS2/c1-25(2,3)11-5-4-6-12-26-16-20-8-7-9-23(14-20)27-17-24-15-22(19-29-24)21-10-13-28-18-21/h4,6-10,13-15,18-19,26H,12,16-17H2,1-3H3. The van der Waals surface area contributed by atoms with Crippen LogP contribution in [0.15, 0.2) is 64.7 Å². The quantitative estimate of drug-likeness (QED) is 0.321. The molecule has 0 aliphatic rings. The van der Waals surface area contributed by atoms with Crippen molar-refractivity contribution < 1.29 is 4.74 Å². The maximum Gasteiger partial charge on any atom is 0.122 e. The predicted octanol–water partition coefficient (Wildman–Crippen LogP) is 6.75. The van der Waals surface area contributed by atoms with Gasteiger partial charge in [-0.3, -0.25) is 0 Å². The predicted molar refractivity (Wildman–Crippen MR) is 126 cm³/mol. The number of ether oxygens (including phenoxy) is 1. The molecule has 0 aliphatic heterocycles. The van der Waals surface area contributed by atoms with Crippen LogP contribution in [0.5, 0.6) is 5.75 Å². The Labute approximate surface area is 182 Å². The summed E-state index contributed by atoms with van der Waals surface area (Å²) in [5.74, 6) is 7.19. The van der Waals surface area contributed by atoms with E-state index in [1.165, 1.54) is 21.6 Å². The average molecular weight is 422 g/mol. The largest absolute Gasteiger partial charge is 0.488 e. The Kier molecular flexibility index (Phi) is 7.71. The van der Waals surface area contributed by atoms with Gasteiger partial charge in [-0.05, 0) is 83.9 Å². The second-order valence-corrected chi connectivity index (χ2v) is 9.58. The van der Waals surface area contributed by atoms with Crippen molar-refractivity contribution >= 4 is 22.7 Å². The van der Waals surface area contributed by atoms with E-state index in [-0.39, 0.29) is 5.41 Å². The van der Waals surface area contributed by atoms with Gasteiger partial charge in [0.2, 0.25) is 0 Å². The topological polar surface area (TPSA) is 21.3 Å². The van der Waals surface area contributed by atoms with Crippen LogP contribution in [0.2, 0.25) is 0 Å². The second kappa shape index (κ2) is 10.5. The van der Waals surface area contributed by atoms with Crippen molar-refractivity contribution in [2.75, 3.05) is 6.54 Å². The number of thiophene rings is 2. The minimum absolute atomic E-state index is 0.0484. The molecule has 2 nitrogen and oxygen atoms in total. The molecule has 0 saturated heterocycles. The van der Waals surface area contributed by atoms with Crippen LogP contribution in [0.3, 0.4) is 0 Å². The van der Waals surface area contributed by atoms with Gasteiger partial charge in [-0.25, -0.2) is 0 Å². The molecule has 0 unspecified atom stereocenters. The lowest BCUT2D eigenvalue weighted by molar-refractivity contribution is 0.309. The first-order chi connectivity index (χ1) is 14.0. The van der Waals surface area contributed by atoms with Gasteiger partial charge in [0.05, 0.1) is 0 Å². The number of nitrogens with one attached hydrogen (secondary N) is 1. The van der Waals surface area contributed by atoms with Crippen LogP contribution in [-0.4, -0.2) is 6.54 Å². The molecule has 2 aromatic heterocycles. The Morgan fingerprint density at radius 2 is 2.00 bits per heavy atom. The monoisotopic (exact) mass is 421 g/mol. The lowest BCUT2D eigenvalue weighted by Crippen LogP contribution is -2.12. The lowest BCUT2D eigenvalue weighted by Gasteiger charge is -2.07. The number of rotatable bonds is 8. The highest BCUT2D eigenvalue weighted by molar-refractivity contribution is 7.10. The molecule has 4 heteroatoms. The van der Waals surface area contributed by atoms with Gasteiger partial charge in [-0.15, -0.1) is 11.3 Å². The maximum absolute atomic E-state index is 6.01. The summed E-state index contributed by atoms with van der Waals surface area (Å²) >= 11 is 3.47. The highest BCUT2D eigenvalue weighted by atomic mass is 32.1. The minimum Gasteiger partial charge on any atom is -0.488 e. The highest BCUT2D eigenvalue weighted by Gasteiger charge is 2.05. The van der Waals surface area contributed by atoms with E-state index < -0.39 is 0 Å². The summed E-state index contributed by atoms with van der Waals surface area (Å²) in [6.45, 7) is 8.54. The van der Waals surface area contributed by atoms with E-state index in [9.17, 15) is 0 Å². The van der Waals surface area contributed by atoms with Crippen molar-refractivity contribution in [1.82, 2.24) is 5.32 Å². The van der Waals surface area contributed by atoms with E-state index in [4.69, 9.17) is 4.74 Å². The molecule has 0 fully saturated rings. The minimum atomic E-state index is 0.0484. The normalized spacial score (nSPS) is 11.4. The third kappa shape index (κ3) is 7.55. The van der Waals surface area contributed by atoms with Gasteiger partial charge in [0.25, 0.3) is 0 Å². The number of hydrogen-bond acceptors (Lipinski definition) is 4. The summed E-state index contributed by atoms with van der Waals surface area (Å²) in [5.41, 5.74) is 3.81. The Morgan fingerprint density at radius 3 is 2.79 bits per heavy atom. The molecular formula is C25H27NOS2. The summed E-state index contributed by atoms with van der Waals surface area (Å²) in [4.78, 5) is 1.23. The summed E-state index contributed by atoms with van der Waals surface area (Å²) in [5, 5.41) is 9.89. The fraction of sp³-hybridized carbons (Fsp3) is 0.280. The molecule has 0 saturated carbocycles. The van der Waals surface area contributed by atoms with Gasteiger partial charge in [0.1, 0.15) is 12.4 Å². The van der Waals surface area contributed by atoms with Crippen LogP contribution in [-0.2, 0) is 13.2 Å². The van der Waals surface area contributed by atoms with Crippen LogP contribution in [0.4, 0.5) is 0 Å². The molecule has 1 N–H and O–H groups in total. The van der Waals surface area contributed by atoms with Crippen LogP contribution < -0.4 is 10.1 Å². The second-order valence-electron chi connectivity index (χ2n) is 7.80. The van der Waals surface area contributed by atoms with Crippen molar-refractivity contribution in [2.24, 2.45) is 5.41 Å². The molecule has 0 amide bonds. The zero-order valence-corrected chi connectivity index (χ0v) is 18.8. The smallest absolute Gasteiger partial charge is 0.122 e. The summed E-state index contributed by atoms with van der Waals surface area (Å²) in [6.07, 6.45) is 3.98. The molecule has 0 radical (unpaired) electrons. The molecular weight excluding hydrogens is 394 g/mol. The highest BCUT2D eigenvalue weighted by Crippen LogP contribution is 2.28.